The van der Waals surface area contributed by atoms with Gasteiger partial charge in [0.15, 0.2) is 0 Å². The average Bonchev–Trinajstić information content (AvgIpc) is 2.25. The lowest BCUT2D eigenvalue weighted by molar-refractivity contribution is -0.138. The summed E-state index contributed by atoms with van der Waals surface area (Å²) in [5.41, 5.74) is -1.23. The number of rotatable bonds is 3. The van der Waals surface area contributed by atoms with Crippen LogP contribution in [0.2, 0.25) is 0 Å². The van der Waals surface area contributed by atoms with Crippen LogP contribution in [0.3, 0.4) is 0 Å². The van der Waals surface area contributed by atoms with Crippen LogP contribution in [0, 0.1) is 5.92 Å². The summed E-state index contributed by atoms with van der Waals surface area (Å²) in [6, 6.07) is 3.56. The Bertz CT molecular complexity index is 471. The van der Waals surface area contributed by atoms with Gasteiger partial charge in [0.25, 0.3) is 5.91 Å². The number of carbonyl (C=O) groups is 1. The van der Waals surface area contributed by atoms with Gasteiger partial charge in [0, 0.05) is 18.1 Å². The maximum Gasteiger partial charge on any atom is 0.417 e. The van der Waals surface area contributed by atoms with Crippen LogP contribution >= 0.6 is 15.9 Å². The van der Waals surface area contributed by atoms with Gasteiger partial charge in [0.05, 0.1) is 11.1 Å². The minimum Gasteiger partial charge on any atom is -0.341 e. The highest BCUT2D eigenvalue weighted by atomic mass is 79.9. The first-order chi connectivity index (χ1) is 8.62. The molecular formula is C13H15BrF3NO. The number of benzene rings is 1. The lowest BCUT2D eigenvalue weighted by atomic mass is 10.1. The standard InChI is InChI=1S/C13H15BrF3NO/c1-8(2)7-18(3)12(19)10-5-4-9(14)6-11(10)13(15,16)17/h4-6,8H,7H2,1-3H3. The molecule has 0 spiro atoms. The fraction of sp³-hybridized carbons (Fsp3) is 0.462. The second-order valence-corrected chi connectivity index (χ2v) is 5.68. The van der Waals surface area contributed by atoms with Gasteiger partial charge < -0.3 is 4.90 Å². The van der Waals surface area contributed by atoms with Crippen LogP contribution in [0.15, 0.2) is 22.7 Å². The molecule has 0 saturated carbocycles. The third-order valence-corrected chi connectivity index (χ3v) is 3.00. The third-order valence-electron chi connectivity index (χ3n) is 2.50. The largest absolute Gasteiger partial charge is 0.417 e. The van der Waals surface area contributed by atoms with Gasteiger partial charge >= 0.3 is 6.18 Å². The Morgan fingerprint density at radius 1 is 1.37 bits per heavy atom. The molecule has 0 N–H and O–H groups in total. The molecule has 0 unspecified atom stereocenters. The zero-order valence-corrected chi connectivity index (χ0v) is 12.5. The number of nitrogens with zero attached hydrogens (tertiary/aromatic N) is 1. The van der Waals surface area contributed by atoms with Gasteiger partial charge in [0.2, 0.25) is 0 Å². The van der Waals surface area contributed by atoms with Crippen molar-refractivity contribution in [3.63, 3.8) is 0 Å². The van der Waals surface area contributed by atoms with Gasteiger partial charge in [-0.15, -0.1) is 0 Å². The molecule has 1 aromatic carbocycles. The summed E-state index contributed by atoms with van der Waals surface area (Å²) in [4.78, 5) is 13.4. The van der Waals surface area contributed by atoms with Crippen LogP contribution in [0.5, 0.6) is 0 Å². The molecule has 19 heavy (non-hydrogen) atoms. The molecule has 1 amide bonds. The first-order valence-corrected chi connectivity index (χ1v) is 6.54. The third kappa shape index (κ3) is 4.23. The second kappa shape index (κ2) is 5.94. The van der Waals surface area contributed by atoms with E-state index in [2.05, 4.69) is 15.9 Å². The fourth-order valence-corrected chi connectivity index (χ4v) is 2.13. The van der Waals surface area contributed by atoms with Gasteiger partial charge in [-0.2, -0.15) is 13.2 Å². The van der Waals surface area contributed by atoms with Gasteiger partial charge in [-0.1, -0.05) is 29.8 Å². The molecule has 1 rings (SSSR count). The molecule has 0 atom stereocenters. The predicted octanol–water partition coefficient (Wildman–Crippen LogP) is 4.20. The Morgan fingerprint density at radius 3 is 2.42 bits per heavy atom. The smallest absolute Gasteiger partial charge is 0.341 e. The van der Waals surface area contributed by atoms with E-state index in [9.17, 15) is 18.0 Å². The topological polar surface area (TPSA) is 20.3 Å². The van der Waals surface area contributed by atoms with E-state index < -0.39 is 17.6 Å². The van der Waals surface area contributed by atoms with Crippen molar-refractivity contribution in [3.8, 4) is 0 Å². The van der Waals surface area contributed by atoms with E-state index in [-0.39, 0.29) is 11.5 Å². The zero-order chi connectivity index (χ0) is 14.8. The molecule has 0 radical (unpaired) electrons. The number of amides is 1. The molecule has 0 bridgehead atoms. The Balaban J connectivity index is 3.16. The lowest BCUT2D eigenvalue weighted by Crippen LogP contribution is -2.31. The predicted molar refractivity (Wildman–Crippen MR) is 70.9 cm³/mol. The Morgan fingerprint density at radius 2 is 1.95 bits per heavy atom. The van der Waals surface area contributed by atoms with E-state index in [1.54, 1.807) is 0 Å². The molecule has 0 aliphatic carbocycles. The van der Waals surface area contributed by atoms with Crippen molar-refractivity contribution >= 4 is 21.8 Å². The van der Waals surface area contributed by atoms with Gasteiger partial charge in [-0.25, -0.2) is 0 Å². The summed E-state index contributed by atoms with van der Waals surface area (Å²) in [6.45, 7) is 4.21. The summed E-state index contributed by atoms with van der Waals surface area (Å²) in [5.74, 6) is -0.424. The Kier molecular flexibility index (Phi) is 5.01. The van der Waals surface area contributed by atoms with E-state index in [1.807, 2.05) is 13.8 Å². The number of carbonyl (C=O) groups excluding carboxylic acids is 1. The highest BCUT2D eigenvalue weighted by molar-refractivity contribution is 9.10. The van der Waals surface area contributed by atoms with Crippen molar-refractivity contribution in [1.29, 1.82) is 0 Å². The minimum absolute atomic E-state index is 0.193. The molecule has 6 heteroatoms. The highest BCUT2D eigenvalue weighted by Gasteiger charge is 2.36. The van der Waals surface area contributed by atoms with Crippen LogP contribution < -0.4 is 0 Å². The van der Waals surface area contributed by atoms with Crippen molar-refractivity contribution in [2.75, 3.05) is 13.6 Å². The van der Waals surface area contributed by atoms with Gasteiger partial charge in [0.1, 0.15) is 0 Å². The molecule has 0 aliphatic rings. The summed E-state index contributed by atoms with van der Waals surface area (Å²) in [6.07, 6.45) is -4.55. The maximum atomic E-state index is 12.9. The quantitative estimate of drug-likeness (QED) is 0.809. The van der Waals surface area contributed by atoms with Crippen LogP contribution in [0.25, 0.3) is 0 Å². The maximum absolute atomic E-state index is 12.9. The molecule has 0 aliphatic heterocycles. The molecule has 0 heterocycles. The van der Waals surface area contributed by atoms with Crippen LogP contribution in [-0.2, 0) is 6.18 Å². The summed E-state index contributed by atoms with van der Waals surface area (Å²) < 4.78 is 39.1. The van der Waals surface area contributed by atoms with Crippen LogP contribution in [0.1, 0.15) is 29.8 Å². The normalized spacial score (nSPS) is 11.8. The summed E-state index contributed by atoms with van der Waals surface area (Å²) in [5, 5.41) is 0. The molecule has 0 saturated heterocycles. The van der Waals surface area contributed by atoms with Gasteiger partial charge in [-0.05, 0) is 24.1 Å². The SMILES string of the molecule is CC(C)CN(C)C(=O)c1ccc(Br)cc1C(F)(F)F. The second-order valence-electron chi connectivity index (χ2n) is 4.77. The summed E-state index contributed by atoms with van der Waals surface area (Å²) >= 11 is 2.99. The van der Waals surface area contributed by atoms with E-state index in [0.29, 0.717) is 11.0 Å². The molecule has 1 aromatic rings. The first-order valence-electron chi connectivity index (χ1n) is 5.75. The lowest BCUT2D eigenvalue weighted by Gasteiger charge is -2.21. The van der Waals surface area contributed by atoms with E-state index in [0.717, 1.165) is 6.07 Å². The summed E-state index contributed by atoms with van der Waals surface area (Å²) in [7, 11) is 1.50. The van der Waals surface area contributed by atoms with Crippen molar-refractivity contribution < 1.29 is 18.0 Å². The monoisotopic (exact) mass is 337 g/mol. The van der Waals surface area contributed by atoms with Crippen LogP contribution in [-0.4, -0.2) is 24.4 Å². The molecule has 106 valence electrons. The molecular weight excluding hydrogens is 323 g/mol. The number of hydrogen-bond acceptors (Lipinski definition) is 1. The molecule has 0 fully saturated rings. The van der Waals surface area contributed by atoms with Crippen molar-refractivity contribution in [3.05, 3.63) is 33.8 Å². The molecule has 0 aromatic heterocycles. The van der Waals surface area contributed by atoms with Crippen molar-refractivity contribution in [1.82, 2.24) is 4.90 Å². The van der Waals surface area contributed by atoms with Crippen molar-refractivity contribution in [2.24, 2.45) is 5.92 Å². The van der Waals surface area contributed by atoms with Crippen molar-refractivity contribution in [2.45, 2.75) is 20.0 Å². The fourth-order valence-electron chi connectivity index (χ4n) is 1.77. The average molecular weight is 338 g/mol. The van der Waals surface area contributed by atoms with Gasteiger partial charge in [-0.3, -0.25) is 4.79 Å². The first kappa shape index (κ1) is 16.0. The zero-order valence-electron chi connectivity index (χ0n) is 10.9. The van der Waals surface area contributed by atoms with E-state index in [1.165, 1.54) is 24.1 Å². The van der Waals surface area contributed by atoms with E-state index >= 15 is 0 Å². The Labute approximate surface area is 118 Å². The Hall–Kier alpha value is -1.04. The van der Waals surface area contributed by atoms with Crippen LogP contribution in [0.4, 0.5) is 13.2 Å². The minimum atomic E-state index is -4.55. The highest BCUT2D eigenvalue weighted by Crippen LogP contribution is 2.34. The number of alkyl halides is 3. The molecule has 2 nitrogen and oxygen atoms in total. The van der Waals surface area contributed by atoms with E-state index in [4.69, 9.17) is 0 Å². The number of hydrogen-bond donors (Lipinski definition) is 0. The number of halogens is 4.